The number of H-pyrrole nitrogens is 1. The average Bonchev–Trinajstić information content (AvgIpc) is 2.97. The van der Waals surface area contributed by atoms with E-state index in [-0.39, 0.29) is 16.9 Å². The molecule has 4 nitrogen and oxygen atoms in total. The summed E-state index contributed by atoms with van der Waals surface area (Å²) in [4.78, 5) is 32.5. The number of aromatic nitrogens is 2. The number of thiophene rings is 1. The van der Waals surface area contributed by atoms with Crippen LogP contribution in [0.15, 0.2) is 34.6 Å². The molecular weight excluding hydrogens is 308 g/mol. The van der Waals surface area contributed by atoms with Crippen molar-refractivity contribution in [3.63, 3.8) is 0 Å². The monoisotopic (exact) mass is 324 g/mol. The van der Waals surface area contributed by atoms with E-state index in [2.05, 4.69) is 9.97 Å². The summed E-state index contributed by atoms with van der Waals surface area (Å²) >= 11 is 1.46. The van der Waals surface area contributed by atoms with Gasteiger partial charge in [-0.05, 0) is 67.1 Å². The lowest BCUT2D eigenvalue weighted by Gasteiger charge is -2.03. The molecule has 0 radical (unpaired) electrons. The van der Waals surface area contributed by atoms with Gasteiger partial charge in [0.05, 0.1) is 5.56 Å². The lowest BCUT2D eigenvalue weighted by Crippen LogP contribution is -2.18. The van der Waals surface area contributed by atoms with Crippen LogP contribution in [0.3, 0.4) is 0 Å². The number of ketones is 1. The van der Waals surface area contributed by atoms with Gasteiger partial charge in [-0.25, -0.2) is 0 Å². The maximum Gasteiger partial charge on any atom is 0.260 e. The summed E-state index contributed by atoms with van der Waals surface area (Å²) in [7, 11) is 0. The number of aryl methyl sites for hydroxylation is 3. The Labute approximate surface area is 137 Å². The summed E-state index contributed by atoms with van der Waals surface area (Å²) in [5.41, 5.74) is 3.44. The molecule has 0 unspecified atom stereocenters. The fourth-order valence-electron chi connectivity index (χ4n) is 2.48. The van der Waals surface area contributed by atoms with Gasteiger partial charge >= 0.3 is 0 Å². The van der Waals surface area contributed by atoms with Gasteiger partial charge in [-0.3, -0.25) is 14.6 Å². The molecule has 0 amide bonds. The van der Waals surface area contributed by atoms with Crippen molar-refractivity contribution in [1.82, 2.24) is 9.97 Å². The third-order valence-electron chi connectivity index (χ3n) is 3.93. The predicted molar refractivity (Wildman–Crippen MR) is 94.3 cm³/mol. The van der Waals surface area contributed by atoms with E-state index in [4.69, 9.17) is 0 Å². The Balaban J connectivity index is 1.98. The largest absolute Gasteiger partial charge is 0.313 e. The van der Waals surface area contributed by atoms with Crippen LogP contribution in [0.4, 0.5) is 0 Å². The molecule has 0 atom stereocenters. The Morgan fingerprint density at radius 2 is 2.09 bits per heavy atom. The molecule has 1 N–H and O–H groups in total. The molecule has 0 aliphatic heterocycles. The molecule has 0 saturated carbocycles. The molecule has 3 aromatic rings. The number of fused-ring (bicyclic) bond motifs is 1. The molecular formula is C18H16N2O2S. The number of pyridine rings is 2. The SMILES string of the molecule is Cc1cc(/C=C/C(=O)c2c(C)c3ccsc3[nH]c2=O)cnc1C. The Morgan fingerprint density at radius 1 is 1.30 bits per heavy atom. The van der Waals surface area contributed by atoms with Gasteiger partial charge in [0.1, 0.15) is 4.83 Å². The second-order valence-corrected chi connectivity index (χ2v) is 6.40. The van der Waals surface area contributed by atoms with Crippen LogP contribution in [-0.4, -0.2) is 15.8 Å². The van der Waals surface area contributed by atoms with E-state index in [1.165, 1.54) is 17.4 Å². The standard InChI is InChI=1S/C18H16N2O2S/c1-10-8-13(9-19-12(10)3)4-5-15(21)16-11(2)14-6-7-23-18(14)20-17(16)22/h4-9H,1-3H3,(H,20,22)/b5-4+. The van der Waals surface area contributed by atoms with E-state index in [0.717, 1.165) is 32.6 Å². The Kier molecular flexibility index (Phi) is 3.96. The van der Waals surface area contributed by atoms with Crippen molar-refractivity contribution in [2.45, 2.75) is 20.8 Å². The zero-order chi connectivity index (χ0) is 16.6. The van der Waals surface area contributed by atoms with Crippen LogP contribution in [0.2, 0.25) is 0 Å². The molecule has 3 aromatic heterocycles. The maximum absolute atomic E-state index is 12.5. The fraction of sp³-hybridized carbons (Fsp3) is 0.167. The van der Waals surface area contributed by atoms with Gasteiger partial charge in [-0.1, -0.05) is 0 Å². The summed E-state index contributed by atoms with van der Waals surface area (Å²) in [5.74, 6) is -0.296. The molecule has 0 fully saturated rings. The molecule has 0 aromatic carbocycles. The molecule has 3 rings (SSSR count). The minimum Gasteiger partial charge on any atom is -0.313 e. The zero-order valence-corrected chi connectivity index (χ0v) is 14.0. The first-order valence-electron chi connectivity index (χ1n) is 7.23. The highest BCUT2D eigenvalue weighted by Gasteiger charge is 2.15. The molecule has 0 bridgehead atoms. The molecule has 5 heteroatoms. The quantitative estimate of drug-likeness (QED) is 0.588. The van der Waals surface area contributed by atoms with Crippen LogP contribution < -0.4 is 5.56 Å². The predicted octanol–water partition coefficient (Wildman–Crippen LogP) is 3.81. The van der Waals surface area contributed by atoms with E-state index in [1.807, 2.05) is 38.3 Å². The number of nitrogens with one attached hydrogen (secondary N) is 1. The van der Waals surface area contributed by atoms with Gasteiger partial charge in [0, 0.05) is 17.3 Å². The van der Waals surface area contributed by atoms with E-state index in [0.29, 0.717) is 0 Å². The van der Waals surface area contributed by atoms with Crippen LogP contribution in [0.5, 0.6) is 0 Å². The number of hydrogen-bond acceptors (Lipinski definition) is 4. The minimum atomic E-state index is -0.342. The first-order valence-corrected chi connectivity index (χ1v) is 8.11. The lowest BCUT2D eigenvalue weighted by atomic mass is 10.0. The normalized spacial score (nSPS) is 11.4. The maximum atomic E-state index is 12.5. The number of carbonyl (C=O) groups is 1. The van der Waals surface area contributed by atoms with Gasteiger partial charge < -0.3 is 4.98 Å². The second-order valence-electron chi connectivity index (χ2n) is 5.49. The topological polar surface area (TPSA) is 62.8 Å². The number of aromatic amines is 1. The third-order valence-corrected chi connectivity index (χ3v) is 4.76. The van der Waals surface area contributed by atoms with E-state index >= 15 is 0 Å². The molecule has 3 heterocycles. The molecule has 0 saturated heterocycles. The third kappa shape index (κ3) is 2.87. The van der Waals surface area contributed by atoms with Gasteiger partial charge in [0.25, 0.3) is 5.56 Å². The van der Waals surface area contributed by atoms with Crippen LogP contribution in [0.1, 0.15) is 32.7 Å². The van der Waals surface area contributed by atoms with Crippen molar-refractivity contribution in [3.8, 4) is 0 Å². The molecule has 0 aliphatic rings. The highest BCUT2D eigenvalue weighted by Crippen LogP contribution is 2.22. The Hall–Kier alpha value is -2.53. The van der Waals surface area contributed by atoms with Gasteiger partial charge in [-0.15, -0.1) is 11.3 Å². The number of nitrogens with zero attached hydrogens (tertiary/aromatic N) is 1. The van der Waals surface area contributed by atoms with Crippen molar-refractivity contribution < 1.29 is 4.79 Å². The zero-order valence-electron chi connectivity index (χ0n) is 13.1. The van der Waals surface area contributed by atoms with E-state index < -0.39 is 0 Å². The first kappa shape index (κ1) is 15.4. The van der Waals surface area contributed by atoms with Gasteiger partial charge in [-0.2, -0.15) is 0 Å². The molecule has 0 spiro atoms. The summed E-state index contributed by atoms with van der Waals surface area (Å²) < 4.78 is 0. The summed E-state index contributed by atoms with van der Waals surface area (Å²) in [6.07, 6.45) is 4.84. The van der Waals surface area contributed by atoms with Crippen LogP contribution >= 0.6 is 11.3 Å². The van der Waals surface area contributed by atoms with Crippen LogP contribution in [-0.2, 0) is 0 Å². The lowest BCUT2D eigenvalue weighted by molar-refractivity contribution is 0.104. The first-order chi connectivity index (χ1) is 11.0. The highest BCUT2D eigenvalue weighted by molar-refractivity contribution is 7.16. The van der Waals surface area contributed by atoms with Crippen molar-refractivity contribution in [2.75, 3.05) is 0 Å². The summed E-state index contributed by atoms with van der Waals surface area (Å²) in [6.45, 7) is 5.72. The van der Waals surface area contributed by atoms with Crippen LogP contribution in [0.25, 0.3) is 16.3 Å². The number of rotatable bonds is 3. The number of allylic oxidation sites excluding steroid dienone is 1. The average molecular weight is 324 g/mol. The minimum absolute atomic E-state index is 0.198. The van der Waals surface area contributed by atoms with Crippen molar-refractivity contribution >= 4 is 33.4 Å². The van der Waals surface area contributed by atoms with E-state index in [1.54, 1.807) is 12.3 Å². The van der Waals surface area contributed by atoms with E-state index in [9.17, 15) is 9.59 Å². The fourth-order valence-corrected chi connectivity index (χ4v) is 3.32. The van der Waals surface area contributed by atoms with Gasteiger partial charge in [0.15, 0.2) is 5.78 Å². The Bertz CT molecular complexity index is 996. The van der Waals surface area contributed by atoms with Crippen molar-refractivity contribution in [2.24, 2.45) is 0 Å². The highest BCUT2D eigenvalue weighted by atomic mass is 32.1. The molecule has 116 valence electrons. The summed E-state index contributed by atoms with van der Waals surface area (Å²) in [5, 5.41) is 2.82. The smallest absolute Gasteiger partial charge is 0.260 e. The second kappa shape index (κ2) is 5.93. The van der Waals surface area contributed by atoms with Gasteiger partial charge in [0.2, 0.25) is 0 Å². The van der Waals surface area contributed by atoms with Crippen molar-refractivity contribution in [1.29, 1.82) is 0 Å². The molecule has 0 aliphatic carbocycles. The number of carbonyl (C=O) groups excluding carboxylic acids is 1. The summed E-state index contributed by atoms with van der Waals surface area (Å²) in [6, 6.07) is 3.88. The Morgan fingerprint density at radius 3 is 2.83 bits per heavy atom. The van der Waals surface area contributed by atoms with Crippen molar-refractivity contribution in [3.05, 3.63) is 68.1 Å². The van der Waals surface area contributed by atoms with Crippen LogP contribution in [0, 0.1) is 20.8 Å². The number of hydrogen-bond donors (Lipinski definition) is 1. The molecule has 23 heavy (non-hydrogen) atoms.